The van der Waals surface area contributed by atoms with Gasteiger partial charge in [0.05, 0.1) is 15.0 Å². The molecular formula is C9H11BrO4S2. The zero-order valence-corrected chi connectivity index (χ0v) is 11.9. The molecular weight excluding hydrogens is 316 g/mol. The zero-order valence-electron chi connectivity index (χ0n) is 8.73. The molecule has 0 saturated heterocycles. The molecule has 0 spiro atoms. The number of carboxylic acids is 1. The third-order valence-electron chi connectivity index (χ3n) is 2.12. The summed E-state index contributed by atoms with van der Waals surface area (Å²) >= 11 is 4.26. The van der Waals surface area contributed by atoms with Crippen molar-refractivity contribution in [3.63, 3.8) is 0 Å². The van der Waals surface area contributed by atoms with Gasteiger partial charge in [0, 0.05) is 0 Å². The third-order valence-corrected chi connectivity index (χ3v) is 6.71. The summed E-state index contributed by atoms with van der Waals surface area (Å²) in [5, 5.41) is 8.69. The number of carbonyl (C=O) groups is 1. The van der Waals surface area contributed by atoms with Crippen LogP contribution < -0.4 is 0 Å². The molecule has 0 atom stereocenters. The lowest BCUT2D eigenvalue weighted by atomic mass is 10.1. The van der Waals surface area contributed by atoms with Crippen LogP contribution in [0.5, 0.6) is 0 Å². The van der Waals surface area contributed by atoms with E-state index in [-0.39, 0.29) is 4.21 Å². The van der Waals surface area contributed by atoms with Gasteiger partial charge in [0.25, 0.3) is 0 Å². The van der Waals surface area contributed by atoms with E-state index in [2.05, 4.69) is 15.9 Å². The largest absolute Gasteiger partial charge is 0.481 e. The molecule has 90 valence electrons. The Balaban J connectivity index is 3.16. The first-order chi connectivity index (χ1) is 7.17. The average molecular weight is 327 g/mol. The minimum absolute atomic E-state index is 0.186. The molecule has 0 bridgehead atoms. The second-order valence-electron chi connectivity index (χ2n) is 3.89. The zero-order chi connectivity index (χ0) is 12.6. The Morgan fingerprint density at radius 2 is 2.06 bits per heavy atom. The van der Waals surface area contributed by atoms with Gasteiger partial charge in [-0.1, -0.05) is 0 Å². The number of hydrogen-bond acceptors (Lipinski definition) is 4. The first-order valence-corrected chi connectivity index (χ1v) is 7.48. The van der Waals surface area contributed by atoms with Crippen LogP contribution in [0.3, 0.4) is 0 Å². The fraction of sp³-hybridized carbons (Fsp3) is 0.444. The van der Waals surface area contributed by atoms with E-state index in [4.69, 9.17) is 5.11 Å². The molecule has 1 heterocycles. The second kappa shape index (κ2) is 4.46. The number of hydrogen-bond donors (Lipinski definition) is 1. The summed E-state index contributed by atoms with van der Waals surface area (Å²) in [6, 6.07) is 3.11. The predicted molar refractivity (Wildman–Crippen MR) is 65.5 cm³/mol. The van der Waals surface area contributed by atoms with Gasteiger partial charge in [-0.2, -0.15) is 0 Å². The van der Waals surface area contributed by atoms with Crippen LogP contribution in [0.4, 0.5) is 0 Å². The summed E-state index contributed by atoms with van der Waals surface area (Å²) in [4.78, 5) is 10.6. The number of sulfone groups is 1. The Bertz CT molecular complexity index is 501. The minimum atomic E-state index is -3.61. The smallest absolute Gasteiger partial charge is 0.304 e. The monoisotopic (exact) mass is 326 g/mol. The molecule has 16 heavy (non-hydrogen) atoms. The lowest BCUT2D eigenvalue weighted by Crippen LogP contribution is -2.34. The quantitative estimate of drug-likeness (QED) is 0.922. The van der Waals surface area contributed by atoms with E-state index in [9.17, 15) is 13.2 Å². The maximum Gasteiger partial charge on any atom is 0.304 e. The van der Waals surface area contributed by atoms with Crippen molar-refractivity contribution in [1.29, 1.82) is 0 Å². The highest BCUT2D eigenvalue weighted by molar-refractivity contribution is 9.11. The van der Waals surface area contributed by atoms with Gasteiger partial charge in [0.1, 0.15) is 4.21 Å². The molecule has 7 heteroatoms. The fourth-order valence-electron chi connectivity index (χ4n) is 1.17. The van der Waals surface area contributed by atoms with E-state index >= 15 is 0 Å². The molecule has 0 saturated carbocycles. The van der Waals surface area contributed by atoms with E-state index in [1.165, 1.54) is 19.9 Å². The van der Waals surface area contributed by atoms with Gasteiger partial charge in [-0.3, -0.25) is 4.79 Å². The summed E-state index contributed by atoms with van der Waals surface area (Å²) in [5.74, 6) is -1.12. The van der Waals surface area contributed by atoms with Gasteiger partial charge in [0.2, 0.25) is 0 Å². The van der Waals surface area contributed by atoms with Crippen molar-refractivity contribution in [2.45, 2.75) is 29.2 Å². The third kappa shape index (κ3) is 2.64. The Hall–Kier alpha value is -0.400. The highest BCUT2D eigenvalue weighted by atomic mass is 79.9. The Morgan fingerprint density at radius 3 is 2.44 bits per heavy atom. The van der Waals surface area contributed by atoms with Crippen LogP contribution in [-0.4, -0.2) is 24.2 Å². The van der Waals surface area contributed by atoms with Gasteiger partial charge in [-0.15, -0.1) is 11.3 Å². The van der Waals surface area contributed by atoms with Gasteiger partial charge >= 0.3 is 5.97 Å². The first kappa shape index (κ1) is 13.7. The van der Waals surface area contributed by atoms with Crippen LogP contribution in [0.1, 0.15) is 20.3 Å². The van der Waals surface area contributed by atoms with Crippen LogP contribution in [0, 0.1) is 0 Å². The molecule has 1 aromatic heterocycles. The number of thiophene rings is 1. The van der Waals surface area contributed by atoms with Crippen molar-refractivity contribution in [3.8, 4) is 0 Å². The van der Waals surface area contributed by atoms with Crippen molar-refractivity contribution in [1.82, 2.24) is 0 Å². The Morgan fingerprint density at radius 1 is 1.50 bits per heavy atom. The van der Waals surface area contributed by atoms with E-state index in [0.29, 0.717) is 3.79 Å². The molecule has 0 aliphatic rings. The van der Waals surface area contributed by atoms with E-state index in [1.807, 2.05) is 0 Å². The highest BCUT2D eigenvalue weighted by Crippen LogP contribution is 2.34. The van der Waals surface area contributed by atoms with Crippen molar-refractivity contribution >= 4 is 43.1 Å². The van der Waals surface area contributed by atoms with Gasteiger partial charge in [-0.05, 0) is 41.9 Å². The summed E-state index contributed by atoms with van der Waals surface area (Å²) in [7, 11) is -3.61. The van der Waals surface area contributed by atoms with Crippen molar-refractivity contribution in [2.75, 3.05) is 0 Å². The standard InChI is InChI=1S/C9H11BrO4S2/c1-9(2,5-7(11)12)16(13,14)8-4-3-6(10)15-8/h3-4H,5H2,1-2H3,(H,11,12). The summed E-state index contributed by atoms with van der Waals surface area (Å²) < 4.78 is 23.8. The van der Waals surface area contributed by atoms with E-state index < -0.39 is 27.0 Å². The second-order valence-corrected chi connectivity index (χ2v) is 9.17. The summed E-state index contributed by atoms with van der Waals surface area (Å²) in [5.41, 5.74) is 0. The maximum absolute atomic E-state index is 12.1. The topological polar surface area (TPSA) is 71.4 Å². The molecule has 0 aliphatic heterocycles. The molecule has 4 nitrogen and oxygen atoms in total. The van der Waals surface area contributed by atoms with Gasteiger partial charge < -0.3 is 5.11 Å². The molecule has 0 aliphatic carbocycles. The molecule has 0 aromatic carbocycles. The molecule has 0 fully saturated rings. The van der Waals surface area contributed by atoms with Gasteiger partial charge in [-0.25, -0.2) is 8.42 Å². The highest BCUT2D eigenvalue weighted by Gasteiger charge is 2.38. The molecule has 1 rings (SSSR count). The molecule has 1 N–H and O–H groups in total. The van der Waals surface area contributed by atoms with Crippen molar-refractivity contribution in [3.05, 3.63) is 15.9 Å². The fourth-order valence-corrected chi connectivity index (χ4v) is 5.11. The number of carboxylic acid groups (broad SMARTS) is 1. The van der Waals surface area contributed by atoms with Crippen LogP contribution in [0.15, 0.2) is 20.1 Å². The van der Waals surface area contributed by atoms with Crippen molar-refractivity contribution < 1.29 is 18.3 Å². The average Bonchev–Trinajstić information content (AvgIpc) is 2.49. The molecule has 1 aromatic rings. The SMILES string of the molecule is CC(C)(CC(=O)O)S(=O)(=O)c1ccc(Br)s1. The summed E-state index contributed by atoms with van der Waals surface area (Å²) in [6.45, 7) is 2.84. The lowest BCUT2D eigenvalue weighted by Gasteiger charge is -2.21. The maximum atomic E-state index is 12.1. The van der Waals surface area contributed by atoms with Crippen LogP contribution in [-0.2, 0) is 14.6 Å². The number of aliphatic carboxylic acids is 1. The van der Waals surface area contributed by atoms with E-state index in [1.54, 1.807) is 6.07 Å². The normalized spacial score (nSPS) is 12.7. The molecule has 0 amide bonds. The van der Waals surface area contributed by atoms with Gasteiger partial charge in [0.15, 0.2) is 9.84 Å². The van der Waals surface area contributed by atoms with Crippen LogP contribution in [0.2, 0.25) is 0 Å². The van der Waals surface area contributed by atoms with Crippen LogP contribution >= 0.6 is 27.3 Å². The van der Waals surface area contributed by atoms with Crippen LogP contribution in [0.25, 0.3) is 0 Å². The number of rotatable bonds is 4. The molecule has 0 radical (unpaired) electrons. The minimum Gasteiger partial charge on any atom is -0.481 e. The number of halogens is 1. The Kier molecular flexibility index (Phi) is 3.81. The summed E-state index contributed by atoms with van der Waals surface area (Å²) in [6.07, 6.45) is -0.412. The lowest BCUT2D eigenvalue weighted by molar-refractivity contribution is -0.137. The molecule has 0 unspecified atom stereocenters. The predicted octanol–water partition coefficient (Wildman–Crippen LogP) is 2.54. The Labute approximate surface area is 106 Å². The first-order valence-electron chi connectivity index (χ1n) is 4.38. The van der Waals surface area contributed by atoms with E-state index in [0.717, 1.165) is 11.3 Å². The van der Waals surface area contributed by atoms with Crippen molar-refractivity contribution in [2.24, 2.45) is 0 Å².